The minimum absolute atomic E-state index is 0.0256. The van der Waals surface area contributed by atoms with E-state index in [-0.39, 0.29) is 5.78 Å². The Morgan fingerprint density at radius 2 is 2.10 bits per heavy atom. The minimum Gasteiger partial charge on any atom is -0.438 e. The average Bonchev–Trinajstić information content (AvgIpc) is 2.78. The van der Waals surface area contributed by atoms with Gasteiger partial charge >= 0.3 is 0 Å². The number of benzene rings is 1. The Hall–Kier alpha value is -1.88. The SMILES string of the molecule is CC(=O)c1cccc(N=Cc2cc(Br)c(N(C)C)o2)c1. The molecule has 104 valence electrons. The lowest BCUT2D eigenvalue weighted by atomic mass is 10.1. The summed E-state index contributed by atoms with van der Waals surface area (Å²) in [6.07, 6.45) is 1.64. The topological polar surface area (TPSA) is 45.8 Å². The normalized spacial score (nSPS) is 11.0. The lowest BCUT2D eigenvalue weighted by Gasteiger charge is -2.07. The van der Waals surface area contributed by atoms with Crippen molar-refractivity contribution in [2.75, 3.05) is 19.0 Å². The Balaban J connectivity index is 2.23. The molecule has 1 aromatic carbocycles. The molecule has 1 aromatic heterocycles. The molecule has 0 aliphatic rings. The average molecular weight is 335 g/mol. The van der Waals surface area contributed by atoms with Crippen LogP contribution in [0.5, 0.6) is 0 Å². The quantitative estimate of drug-likeness (QED) is 0.625. The summed E-state index contributed by atoms with van der Waals surface area (Å²) < 4.78 is 6.51. The highest BCUT2D eigenvalue weighted by Gasteiger charge is 2.09. The van der Waals surface area contributed by atoms with Gasteiger partial charge in [-0.25, -0.2) is 0 Å². The van der Waals surface area contributed by atoms with Gasteiger partial charge in [-0.15, -0.1) is 0 Å². The van der Waals surface area contributed by atoms with Crippen molar-refractivity contribution in [3.8, 4) is 0 Å². The molecule has 0 fully saturated rings. The Morgan fingerprint density at radius 1 is 1.35 bits per heavy atom. The zero-order valence-electron chi connectivity index (χ0n) is 11.6. The van der Waals surface area contributed by atoms with Crippen LogP contribution in [0.4, 0.5) is 11.6 Å². The fourth-order valence-electron chi connectivity index (χ4n) is 1.69. The summed E-state index contributed by atoms with van der Waals surface area (Å²) in [6, 6.07) is 9.03. The summed E-state index contributed by atoms with van der Waals surface area (Å²) in [7, 11) is 3.81. The molecular formula is C15H15BrN2O2. The van der Waals surface area contributed by atoms with E-state index in [0.717, 1.165) is 16.0 Å². The zero-order valence-corrected chi connectivity index (χ0v) is 13.1. The Bertz CT molecular complexity index is 660. The van der Waals surface area contributed by atoms with Gasteiger partial charge in [-0.3, -0.25) is 9.79 Å². The molecule has 0 amide bonds. The van der Waals surface area contributed by atoms with E-state index in [0.29, 0.717) is 11.3 Å². The smallest absolute Gasteiger partial charge is 0.210 e. The number of hydrogen-bond acceptors (Lipinski definition) is 4. The standard InChI is InChI=1S/C15H15BrN2O2/c1-10(19)11-5-4-6-12(7-11)17-9-13-8-14(16)15(20-13)18(2)3/h4-9H,1-3H3. The molecule has 0 aliphatic carbocycles. The Kier molecular flexibility index (Phi) is 4.39. The predicted molar refractivity (Wildman–Crippen MR) is 84.4 cm³/mol. The molecule has 0 saturated heterocycles. The number of aliphatic imine (C=N–C) groups is 1. The first-order valence-electron chi connectivity index (χ1n) is 6.09. The summed E-state index contributed by atoms with van der Waals surface area (Å²) in [5, 5.41) is 0. The molecule has 2 aromatic rings. The fourth-order valence-corrected chi connectivity index (χ4v) is 2.35. The van der Waals surface area contributed by atoms with Crippen molar-refractivity contribution in [2.24, 2.45) is 4.99 Å². The van der Waals surface area contributed by atoms with Gasteiger partial charge in [0.15, 0.2) is 5.78 Å². The monoisotopic (exact) mass is 334 g/mol. The molecule has 1 heterocycles. The highest BCUT2D eigenvalue weighted by Crippen LogP contribution is 2.28. The number of anilines is 1. The summed E-state index contributed by atoms with van der Waals surface area (Å²) in [6.45, 7) is 1.54. The first-order chi connectivity index (χ1) is 9.47. The van der Waals surface area contributed by atoms with E-state index in [2.05, 4.69) is 20.9 Å². The van der Waals surface area contributed by atoms with E-state index < -0.39 is 0 Å². The van der Waals surface area contributed by atoms with E-state index in [9.17, 15) is 4.79 Å². The van der Waals surface area contributed by atoms with Crippen LogP contribution in [-0.2, 0) is 0 Å². The Labute approximate surface area is 126 Å². The molecule has 0 N–H and O–H groups in total. The van der Waals surface area contributed by atoms with Gasteiger partial charge in [0.2, 0.25) is 5.88 Å². The van der Waals surface area contributed by atoms with Crippen LogP contribution in [0.2, 0.25) is 0 Å². The predicted octanol–water partition coefficient (Wildman–Crippen LogP) is 4.06. The molecule has 0 saturated carbocycles. The van der Waals surface area contributed by atoms with E-state index >= 15 is 0 Å². The van der Waals surface area contributed by atoms with Crippen LogP contribution in [0.25, 0.3) is 0 Å². The van der Waals surface area contributed by atoms with Crippen LogP contribution in [-0.4, -0.2) is 26.1 Å². The molecule has 0 radical (unpaired) electrons. The largest absolute Gasteiger partial charge is 0.438 e. The summed E-state index contributed by atoms with van der Waals surface area (Å²) >= 11 is 3.43. The number of furan rings is 1. The van der Waals surface area contributed by atoms with Crippen molar-refractivity contribution >= 4 is 39.5 Å². The number of carbonyl (C=O) groups excluding carboxylic acids is 1. The number of halogens is 1. The summed E-state index contributed by atoms with van der Waals surface area (Å²) in [5.41, 5.74) is 1.37. The van der Waals surface area contributed by atoms with Crippen LogP contribution < -0.4 is 4.90 Å². The first kappa shape index (κ1) is 14.5. The molecule has 20 heavy (non-hydrogen) atoms. The molecule has 0 bridgehead atoms. The fraction of sp³-hybridized carbons (Fsp3) is 0.200. The van der Waals surface area contributed by atoms with Crippen molar-refractivity contribution in [3.05, 3.63) is 46.1 Å². The number of ketones is 1. The van der Waals surface area contributed by atoms with E-state index in [1.807, 2.05) is 37.2 Å². The second-order valence-corrected chi connectivity index (χ2v) is 5.42. The van der Waals surface area contributed by atoms with Gasteiger partial charge in [0.25, 0.3) is 0 Å². The number of Topliss-reactive ketones (excluding diaryl/α,β-unsaturated/α-hetero) is 1. The van der Waals surface area contributed by atoms with Gasteiger partial charge in [-0.1, -0.05) is 12.1 Å². The third-order valence-corrected chi connectivity index (χ3v) is 3.26. The highest BCUT2D eigenvalue weighted by molar-refractivity contribution is 9.10. The van der Waals surface area contributed by atoms with Gasteiger partial charge < -0.3 is 9.32 Å². The van der Waals surface area contributed by atoms with Crippen molar-refractivity contribution in [1.82, 2.24) is 0 Å². The number of hydrogen-bond donors (Lipinski definition) is 0. The maximum atomic E-state index is 11.3. The second-order valence-electron chi connectivity index (χ2n) is 4.56. The van der Waals surface area contributed by atoms with Crippen LogP contribution in [0.1, 0.15) is 23.0 Å². The van der Waals surface area contributed by atoms with Gasteiger partial charge in [0, 0.05) is 25.7 Å². The summed E-state index contributed by atoms with van der Waals surface area (Å²) in [4.78, 5) is 17.5. The highest BCUT2D eigenvalue weighted by atomic mass is 79.9. The minimum atomic E-state index is 0.0256. The maximum Gasteiger partial charge on any atom is 0.210 e. The number of nitrogens with zero attached hydrogens (tertiary/aromatic N) is 2. The number of carbonyl (C=O) groups is 1. The molecule has 0 unspecified atom stereocenters. The molecule has 0 aliphatic heterocycles. The molecular weight excluding hydrogens is 320 g/mol. The van der Waals surface area contributed by atoms with Crippen molar-refractivity contribution in [2.45, 2.75) is 6.92 Å². The van der Waals surface area contributed by atoms with Gasteiger partial charge in [-0.2, -0.15) is 0 Å². The zero-order chi connectivity index (χ0) is 14.7. The van der Waals surface area contributed by atoms with E-state index in [4.69, 9.17) is 4.42 Å². The van der Waals surface area contributed by atoms with Crippen LogP contribution >= 0.6 is 15.9 Å². The molecule has 0 atom stereocenters. The van der Waals surface area contributed by atoms with Crippen LogP contribution in [0.15, 0.2) is 44.2 Å². The third-order valence-electron chi connectivity index (χ3n) is 2.69. The van der Waals surface area contributed by atoms with Crippen LogP contribution in [0.3, 0.4) is 0 Å². The van der Waals surface area contributed by atoms with Gasteiger partial charge in [-0.05, 0) is 35.0 Å². The van der Waals surface area contributed by atoms with Crippen molar-refractivity contribution < 1.29 is 9.21 Å². The Morgan fingerprint density at radius 3 is 2.70 bits per heavy atom. The van der Waals surface area contributed by atoms with E-state index in [1.165, 1.54) is 6.92 Å². The van der Waals surface area contributed by atoms with Gasteiger partial charge in [0.05, 0.1) is 16.4 Å². The van der Waals surface area contributed by atoms with E-state index in [1.54, 1.807) is 18.3 Å². The lowest BCUT2D eigenvalue weighted by Crippen LogP contribution is -2.07. The van der Waals surface area contributed by atoms with Crippen molar-refractivity contribution in [1.29, 1.82) is 0 Å². The second kappa shape index (κ2) is 6.05. The molecule has 2 rings (SSSR count). The lowest BCUT2D eigenvalue weighted by molar-refractivity contribution is 0.101. The molecule has 4 nitrogen and oxygen atoms in total. The molecule has 0 spiro atoms. The first-order valence-corrected chi connectivity index (χ1v) is 6.88. The van der Waals surface area contributed by atoms with Crippen molar-refractivity contribution in [3.63, 3.8) is 0 Å². The van der Waals surface area contributed by atoms with Gasteiger partial charge in [0.1, 0.15) is 5.76 Å². The van der Waals surface area contributed by atoms with Crippen LogP contribution in [0, 0.1) is 0 Å². The summed E-state index contributed by atoms with van der Waals surface area (Å²) in [5.74, 6) is 1.41. The third kappa shape index (κ3) is 3.36. The maximum absolute atomic E-state index is 11.3. The molecule has 5 heteroatoms. The number of rotatable bonds is 4.